The zero-order valence-corrected chi connectivity index (χ0v) is 12.5. The van der Waals surface area contributed by atoms with Gasteiger partial charge in [0.15, 0.2) is 0 Å². The molecule has 0 aromatic rings. The van der Waals surface area contributed by atoms with Crippen LogP contribution in [0.25, 0.3) is 0 Å². The van der Waals surface area contributed by atoms with Crippen LogP contribution in [0, 0.1) is 17.3 Å². The minimum Gasteiger partial charge on any atom is -0.378 e. The van der Waals surface area contributed by atoms with Gasteiger partial charge < -0.3 is 15.4 Å². The Labute approximate surface area is 116 Å². The smallest absolute Gasteiger partial charge is 0.314 e. The monoisotopic (exact) mass is 268 g/mol. The fourth-order valence-corrected chi connectivity index (χ4v) is 3.00. The molecule has 110 valence electrons. The Hall–Kier alpha value is -0.770. The predicted octanol–water partition coefficient (Wildman–Crippen LogP) is 2.54. The van der Waals surface area contributed by atoms with Crippen molar-refractivity contribution in [3.8, 4) is 0 Å². The molecule has 1 heterocycles. The van der Waals surface area contributed by atoms with E-state index in [9.17, 15) is 4.79 Å². The number of amides is 2. The van der Waals surface area contributed by atoms with Gasteiger partial charge in [-0.15, -0.1) is 0 Å². The number of carbonyl (C=O) groups is 1. The van der Waals surface area contributed by atoms with Gasteiger partial charge >= 0.3 is 6.03 Å². The van der Waals surface area contributed by atoms with Crippen molar-refractivity contribution in [1.29, 1.82) is 0 Å². The van der Waals surface area contributed by atoms with E-state index in [4.69, 9.17) is 4.74 Å². The number of urea groups is 1. The van der Waals surface area contributed by atoms with Crippen molar-refractivity contribution in [2.24, 2.45) is 17.3 Å². The molecule has 2 fully saturated rings. The van der Waals surface area contributed by atoms with E-state index in [1.54, 1.807) is 0 Å². The lowest BCUT2D eigenvalue weighted by Crippen LogP contribution is -2.42. The molecule has 0 bridgehead atoms. The molecule has 1 saturated heterocycles. The topological polar surface area (TPSA) is 50.4 Å². The molecule has 2 aliphatic rings. The first-order chi connectivity index (χ1) is 9.06. The first-order valence-electron chi connectivity index (χ1n) is 7.69. The van der Waals surface area contributed by atoms with Crippen LogP contribution in [0.5, 0.6) is 0 Å². The molecule has 2 rings (SSSR count). The lowest BCUT2D eigenvalue weighted by atomic mass is 9.93. The highest BCUT2D eigenvalue weighted by molar-refractivity contribution is 5.73. The number of nitrogens with one attached hydrogen (secondary N) is 2. The zero-order valence-electron chi connectivity index (χ0n) is 12.5. The van der Waals surface area contributed by atoms with E-state index in [1.165, 1.54) is 19.3 Å². The Bertz CT molecular complexity index is 313. The molecule has 0 radical (unpaired) electrons. The molecular weight excluding hydrogens is 240 g/mol. The van der Waals surface area contributed by atoms with Crippen molar-refractivity contribution in [3.05, 3.63) is 0 Å². The molecule has 4 nitrogen and oxygen atoms in total. The minimum absolute atomic E-state index is 0.0193. The van der Waals surface area contributed by atoms with Crippen LogP contribution in [0.1, 0.15) is 46.5 Å². The summed E-state index contributed by atoms with van der Waals surface area (Å²) in [5, 5.41) is 6.02. The summed E-state index contributed by atoms with van der Waals surface area (Å²) in [4.78, 5) is 11.8. The molecule has 1 saturated carbocycles. The zero-order chi connectivity index (χ0) is 13.9. The average molecular weight is 268 g/mol. The van der Waals surface area contributed by atoms with E-state index in [0.29, 0.717) is 23.4 Å². The van der Waals surface area contributed by atoms with E-state index in [1.807, 2.05) is 0 Å². The Morgan fingerprint density at radius 2 is 2.11 bits per heavy atom. The fourth-order valence-electron chi connectivity index (χ4n) is 3.00. The van der Waals surface area contributed by atoms with Gasteiger partial charge in [-0.3, -0.25) is 0 Å². The molecule has 4 heteroatoms. The van der Waals surface area contributed by atoms with Crippen molar-refractivity contribution < 1.29 is 9.53 Å². The standard InChI is InChI=1S/C15H28N2O2/c1-4-15(6-7-15)10-17-14(18)16-9-12-5-8-19-13(12)11(2)3/h11-13H,4-10H2,1-3H3,(H2,16,17,18)/t12-,13-/m1/s1. The highest BCUT2D eigenvalue weighted by Crippen LogP contribution is 2.47. The van der Waals surface area contributed by atoms with Gasteiger partial charge in [0, 0.05) is 25.6 Å². The quantitative estimate of drug-likeness (QED) is 0.778. The lowest BCUT2D eigenvalue weighted by Gasteiger charge is -2.22. The summed E-state index contributed by atoms with van der Waals surface area (Å²) in [7, 11) is 0. The number of rotatable bonds is 6. The first kappa shape index (κ1) is 14.6. The molecule has 2 atom stereocenters. The lowest BCUT2D eigenvalue weighted by molar-refractivity contribution is 0.0545. The van der Waals surface area contributed by atoms with Crippen LogP contribution in [-0.4, -0.2) is 31.8 Å². The summed E-state index contributed by atoms with van der Waals surface area (Å²) >= 11 is 0. The largest absolute Gasteiger partial charge is 0.378 e. The van der Waals surface area contributed by atoms with Gasteiger partial charge in [-0.1, -0.05) is 20.8 Å². The molecule has 0 unspecified atom stereocenters. The molecule has 1 aliphatic heterocycles. The van der Waals surface area contributed by atoms with Crippen LogP contribution in [-0.2, 0) is 4.74 Å². The Kier molecular flexibility index (Phi) is 4.71. The van der Waals surface area contributed by atoms with Gasteiger partial charge in [0.05, 0.1) is 6.10 Å². The van der Waals surface area contributed by atoms with Crippen molar-refractivity contribution in [3.63, 3.8) is 0 Å². The SMILES string of the molecule is CCC1(CNC(=O)NC[C@H]2CCO[C@@H]2C(C)C)CC1. The van der Waals surface area contributed by atoms with Gasteiger partial charge in [0.25, 0.3) is 0 Å². The predicted molar refractivity (Wildman–Crippen MR) is 76.0 cm³/mol. The molecule has 2 N–H and O–H groups in total. The third kappa shape index (κ3) is 3.85. The number of hydrogen-bond acceptors (Lipinski definition) is 2. The third-order valence-electron chi connectivity index (χ3n) is 4.78. The van der Waals surface area contributed by atoms with Gasteiger partial charge in [-0.25, -0.2) is 4.79 Å². The van der Waals surface area contributed by atoms with E-state index >= 15 is 0 Å². The number of ether oxygens (including phenoxy) is 1. The second-order valence-corrected chi connectivity index (χ2v) is 6.55. The number of carbonyl (C=O) groups excluding carboxylic acids is 1. The maximum atomic E-state index is 11.8. The normalized spacial score (nSPS) is 28.4. The molecular formula is C15H28N2O2. The summed E-state index contributed by atoms with van der Waals surface area (Å²) in [6.07, 6.45) is 5.04. The van der Waals surface area contributed by atoms with Crippen molar-refractivity contribution in [2.75, 3.05) is 19.7 Å². The molecule has 0 aromatic carbocycles. The maximum Gasteiger partial charge on any atom is 0.314 e. The summed E-state index contributed by atoms with van der Waals surface area (Å²) in [5.74, 6) is 0.985. The van der Waals surface area contributed by atoms with Gasteiger partial charge in [-0.05, 0) is 37.0 Å². The summed E-state index contributed by atoms with van der Waals surface area (Å²) < 4.78 is 5.73. The van der Waals surface area contributed by atoms with Gasteiger partial charge in [0.1, 0.15) is 0 Å². The third-order valence-corrected chi connectivity index (χ3v) is 4.78. The Morgan fingerprint density at radius 1 is 1.37 bits per heavy atom. The fraction of sp³-hybridized carbons (Fsp3) is 0.933. The van der Waals surface area contributed by atoms with Crippen molar-refractivity contribution in [1.82, 2.24) is 10.6 Å². The Balaban J connectivity index is 1.66. The maximum absolute atomic E-state index is 11.8. The van der Waals surface area contributed by atoms with Crippen LogP contribution in [0.3, 0.4) is 0 Å². The first-order valence-corrected chi connectivity index (χ1v) is 7.69. The second kappa shape index (κ2) is 6.12. The Morgan fingerprint density at radius 3 is 2.68 bits per heavy atom. The summed E-state index contributed by atoms with van der Waals surface area (Å²) in [6.45, 7) is 8.95. The minimum atomic E-state index is -0.0193. The summed E-state index contributed by atoms with van der Waals surface area (Å²) in [6, 6.07) is -0.0193. The molecule has 1 aliphatic carbocycles. The van der Waals surface area contributed by atoms with Crippen LogP contribution < -0.4 is 10.6 Å². The van der Waals surface area contributed by atoms with Crippen LogP contribution in [0.4, 0.5) is 4.79 Å². The van der Waals surface area contributed by atoms with Gasteiger partial charge in [-0.2, -0.15) is 0 Å². The molecule has 2 amide bonds. The highest BCUT2D eigenvalue weighted by atomic mass is 16.5. The van der Waals surface area contributed by atoms with E-state index in [0.717, 1.165) is 26.1 Å². The van der Waals surface area contributed by atoms with Crippen LogP contribution >= 0.6 is 0 Å². The average Bonchev–Trinajstić information content (AvgIpc) is 3.02. The number of hydrogen-bond donors (Lipinski definition) is 2. The van der Waals surface area contributed by atoms with Crippen molar-refractivity contribution >= 4 is 6.03 Å². The second-order valence-electron chi connectivity index (χ2n) is 6.55. The van der Waals surface area contributed by atoms with E-state index < -0.39 is 0 Å². The highest BCUT2D eigenvalue weighted by Gasteiger charge is 2.40. The summed E-state index contributed by atoms with van der Waals surface area (Å²) in [5.41, 5.74) is 0.411. The molecule has 0 spiro atoms. The van der Waals surface area contributed by atoms with Crippen LogP contribution in [0.15, 0.2) is 0 Å². The van der Waals surface area contributed by atoms with Crippen molar-refractivity contribution in [2.45, 2.75) is 52.6 Å². The van der Waals surface area contributed by atoms with Crippen LogP contribution in [0.2, 0.25) is 0 Å². The molecule has 0 aromatic heterocycles. The molecule has 19 heavy (non-hydrogen) atoms. The van der Waals surface area contributed by atoms with Gasteiger partial charge in [0.2, 0.25) is 0 Å². The van der Waals surface area contributed by atoms with E-state index in [-0.39, 0.29) is 6.03 Å². The van der Waals surface area contributed by atoms with E-state index in [2.05, 4.69) is 31.4 Å².